The lowest BCUT2D eigenvalue weighted by Crippen LogP contribution is -2.17. The van der Waals surface area contributed by atoms with Gasteiger partial charge < -0.3 is 9.47 Å². The molecule has 0 saturated carbocycles. The second kappa shape index (κ2) is 6.27. The van der Waals surface area contributed by atoms with Gasteiger partial charge in [-0.1, -0.05) is 24.3 Å². The highest BCUT2D eigenvalue weighted by Gasteiger charge is 2.23. The van der Waals surface area contributed by atoms with Crippen LogP contribution in [-0.2, 0) is 26.1 Å². The molecule has 0 spiro atoms. The summed E-state index contributed by atoms with van der Waals surface area (Å²) in [7, 11) is -4.30. The molecule has 2 aromatic rings. The van der Waals surface area contributed by atoms with Crippen LogP contribution in [0.15, 0.2) is 36.4 Å². The maximum absolute atomic E-state index is 11.8. The first-order chi connectivity index (χ1) is 10.9. The molecule has 1 heterocycles. The van der Waals surface area contributed by atoms with Gasteiger partial charge in [-0.2, -0.15) is 8.42 Å². The van der Waals surface area contributed by atoms with E-state index in [2.05, 4.69) is 0 Å². The van der Waals surface area contributed by atoms with E-state index in [1.54, 1.807) is 12.1 Å². The zero-order valence-electron chi connectivity index (χ0n) is 12.3. The lowest BCUT2D eigenvalue weighted by molar-refractivity contribution is -0.116. The summed E-state index contributed by atoms with van der Waals surface area (Å²) in [4.78, 5) is 11.8. The zero-order valence-corrected chi connectivity index (χ0v) is 13.1. The Hall–Kier alpha value is -1.96. The van der Waals surface area contributed by atoms with E-state index >= 15 is 0 Å². The number of carbonyl (C=O) groups excluding carboxylic acids is 1. The number of benzene rings is 2. The van der Waals surface area contributed by atoms with Gasteiger partial charge in [0.05, 0.1) is 6.61 Å². The van der Waals surface area contributed by atoms with E-state index < -0.39 is 21.7 Å². The maximum Gasteiger partial charge on any atom is 0.272 e. The van der Waals surface area contributed by atoms with Gasteiger partial charge in [-0.15, -0.1) is 0 Å². The molecule has 122 valence electrons. The summed E-state index contributed by atoms with van der Waals surface area (Å²) in [6.45, 7) is 1.19. The van der Waals surface area contributed by atoms with Crippen LogP contribution in [0.2, 0.25) is 0 Å². The summed E-state index contributed by atoms with van der Waals surface area (Å²) in [5, 5.41) is 1.75. The molecule has 3 rings (SSSR count). The molecule has 1 atom stereocenters. The van der Waals surface area contributed by atoms with E-state index in [4.69, 9.17) is 14.0 Å². The Balaban J connectivity index is 1.83. The van der Waals surface area contributed by atoms with Crippen LogP contribution in [0.3, 0.4) is 0 Å². The smallest absolute Gasteiger partial charge is 0.272 e. The second-order valence-corrected chi connectivity index (χ2v) is 6.96. The lowest BCUT2D eigenvalue weighted by Gasteiger charge is -2.09. The van der Waals surface area contributed by atoms with Crippen LogP contribution in [0.1, 0.15) is 5.56 Å². The third-order valence-corrected chi connectivity index (χ3v) is 4.20. The molecular weight excluding hydrogens is 320 g/mol. The Morgan fingerprint density at radius 3 is 2.78 bits per heavy atom. The van der Waals surface area contributed by atoms with Crippen LogP contribution in [0.4, 0.5) is 0 Å². The number of carbonyl (C=O) groups is 1. The number of ketones is 1. The number of fused-ring (bicyclic) bond motifs is 1. The Bertz CT molecular complexity index is 839. The molecule has 7 heteroatoms. The van der Waals surface area contributed by atoms with Gasteiger partial charge in [-0.3, -0.25) is 9.35 Å². The van der Waals surface area contributed by atoms with Gasteiger partial charge in [0.15, 0.2) is 5.78 Å². The highest BCUT2D eigenvalue weighted by molar-refractivity contribution is 7.86. The summed E-state index contributed by atoms with van der Waals surface area (Å²) in [5.41, 5.74) is 0.698. The first-order valence-corrected chi connectivity index (χ1v) is 8.74. The largest absolute Gasteiger partial charge is 0.491 e. The van der Waals surface area contributed by atoms with Crippen molar-refractivity contribution in [2.45, 2.75) is 12.5 Å². The Kier molecular flexibility index (Phi) is 4.34. The van der Waals surface area contributed by atoms with Crippen molar-refractivity contribution >= 4 is 26.7 Å². The van der Waals surface area contributed by atoms with Crippen molar-refractivity contribution in [3.8, 4) is 5.75 Å². The summed E-state index contributed by atoms with van der Waals surface area (Å²) in [6, 6.07) is 11.0. The van der Waals surface area contributed by atoms with Crippen molar-refractivity contribution in [2.75, 3.05) is 19.0 Å². The first-order valence-electron chi connectivity index (χ1n) is 7.14. The van der Waals surface area contributed by atoms with Crippen molar-refractivity contribution in [1.82, 2.24) is 0 Å². The second-order valence-electron chi connectivity index (χ2n) is 5.51. The highest BCUT2D eigenvalue weighted by Crippen LogP contribution is 2.25. The molecule has 1 N–H and O–H groups in total. The predicted molar refractivity (Wildman–Crippen MR) is 84.3 cm³/mol. The summed E-state index contributed by atoms with van der Waals surface area (Å²) >= 11 is 0. The van der Waals surface area contributed by atoms with Gasteiger partial charge in [0.2, 0.25) is 0 Å². The quantitative estimate of drug-likeness (QED) is 0.610. The van der Waals surface area contributed by atoms with Crippen LogP contribution in [0, 0.1) is 0 Å². The standard InChI is InChI=1S/C16H16O6S/c17-13(10-23(18,19)20)6-12-3-1-2-11-4-5-14(7-16(11)12)21-8-15-9-22-15/h1-5,7,15H,6,8-10H2,(H,18,19,20). The van der Waals surface area contributed by atoms with Gasteiger partial charge in [0.1, 0.15) is 24.2 Å². The van der Waals surface area contributed by atoms with Gasteiger partial charge in [-0.05, 0) is 28.5 Å². The molecule has 1 fully saturated rings. The van der Waals surface area contributed by atoms with Crippen LogP contribution >= 0.6 is 0 Å². The van der Waals surface area contributed by atoms with E-state index in [0.29, 0.717) is 24.5 Å². The SMILES string of the molecule is O=C(Cc1cccc2ccc(OCC3CO3)cc12)CS(=O)(=O)O. The number of epoxide rings is 1. The first kappa shape index (κ1) is 15.9. The van der Waals surface area contributed by atoms with E-state index in [9.17, 15) is 13.2 Å². The number of rotatable bonds is 7. The van der Waals surface area contributed by atoms with Gasteiger partial charge in [0.25, 0.3) is 10.1 Å². The lowest BCUT2D eigenvalue weighted by atomic mass is 10.0. The minimum atomic E-state index is -4.30. The van der Waals surface area contributed by atoms with E-state index in [1.165, 1.54) is 0 Å². The Morgan fingerprint density at radius 1 is 1.30 bits per heavy atom. The molecule has 0 aliphatic carbocycles. The van der Waals surface area contributed by atoms with Crippen LogP contribution in [-0.4, -0.2) is 43.8 Å². The molecule has 1 saturated heterocycles. The fourth-order valence-corrected chi connectivity index (χ4v) is 2.89. The normalized spacial score (nSPS) is 17.2. The fraction of sp³-hybridized carbons (Fsp3) is 0.312. The molecule has 6 nitrogen and oxygen atoms in total. The average molecular weight is 336 g/mol. The Morgan fingerprint density at radius 2 is 2.09 bits per heavy atom. The third kappa shape index (κ3) is 4.51. The monoisotopic (exact) mass is 336 g/mol. The average Bonchev–Trinajstić information content (AvgIpc) is 3.27. The number of ether oxygens (including phenoxy) is 2. The van der Waals surface area contributed by atoms with E-state index in [1.807, 2.05) is 24.3 Å². The molecule has 1 aliphatic rings. The molecule has 0 amide bonds. The minimum Gasteiger partial charge on any atom is -0.491 e. The number of hydrogen-bond donors (Lipinski definition) is 1. The van der Waals surface area contributed by atoms with E-state index in [0.717, 1.165) is 10.8 Å². The number of Topliss-reactive ketones (excluding diaryl/α,β-unsaturated/α-hetero) is 1. The summed E-state index contributed by atoms with van der Waals surface area (Å²) in [5.74, 6) is -0.765. The molecule has 0 radical (unpaired) electrons. The van der Waals surface area contributed by atoms with Gasteiger partial charge in [0, 0.05) is 6.42 Å². The highest BCUT2D eigenvalue weighted by atomic mass is 32.2. The predicted octanol–water partition coefficient (Wildman–Crippen LogP) is 1.62. The third-order valence-electron chi connectivity index (χ3n) is 3.51. The van der Waals surface area contributed by atoms with Crippen LogP contribution < -0.4 is 4.74 Å². The zero-order chi connectivity index (χ0) is 16.4. The van der Waals surface area contributed by atoms with Crippen LogP contribution in [0.25, 0.3) is 10.8 Å². The van der Waals surface area contributed by atoms with Gasteiger partial charge in [-0.25, -0.2) is 0 Å². The molecule has 0 aromatic heterocycles. The van der Waals surface area contributed by atoms with Crippen molar-refractivity contribution in [3.63, 3.8) is 0 Å². The molecule has 1 unspecified atom stereocenters. The fourth-order valence-electron chi connectivity index (χ4n) is 2.38. The van der Waals surface area contributed by atoms with Crippen molar-refractivity contribution < 1.29 is 27.2 Å². The summed E-state index contributed by atoms with van der Waals surface area (Å²) < 4.78 is 41.1. The molecule has 23 heavy (non-hydrogen) atoms. The number of hydrogen-bond acceptors (Lipinski definition) is 5. The van der Waals surface area contributed by atoms with Crippen molar-refractivity contribution in [2.24, 2.45) is 0 Å². The topological polar surface area (TPSA) is 93.2 Å². The van der Waals surface area contributed by atoms with Gasteiger partial charge >= 0.3 is 0 Å². The van der Waals surface area contributed by atoms with Crippen molar-refractivity contribution in [1.29, 1.82) is 0 Å². The van der Waals surface area contributed by atoms with E-state index in [-0.39, 0.29) is 12.5 Å². The minimum absolute atomic E-state index is 0.0632. The van der Waals surface area contributed by atoms with Crippen LogP contribution in [0.5, 0.6) is 5.75 Å². The molecule has 2 aromatic carbocycles. The van der Waals surface area contributed by atoms with Crippen molar-refractivity contribution in [3.05, 3.63) is 42.0 Å². The molecule has 0 bridgehead atoms. The molecule has 1 aliphatic heterocycles. The molecular formula is C16H16O6S. The summed E-state index contributed by atoms with van der Waals surface area (Å²) in [6.07, 6.45) is 0.0871. The maximum atomic E-state index is 11.8. The Labute approximate surface area is 133 Å².